The second-order valence-corrected chi connectivity index (χ2v) is 4.82. The van der Waals surface area contributed by atoms with Gasteiger partial charge in [-0.1, -0.05) is 6.92 Å². The number of thiophene rings is 1. The molecule has 2 heterocycles. The smallest absolute Gasteiger partial charge is 0.272 e. The summed E-state index contributed by atoms with van der Waals surface area (Å²) in [4.78, 5) is 15.2. The van der Waals surface area contributed by atoms with Crippen LogP contribution in [0.1, 0.15) is 19.4 Å². The van der Waals surface area contributed by atoms with Crippen LogP contribution in [0.5, 0.6) is 0 Å². The summed E-state index contributed by atoms with van der Waals surface area (Å²) in [7, 11) is 0. The van der Waals surface area contributed by atoms with Crippen LogP contribution >= 0.6 is 23.6 Å². The maximum atomic E-state index is 12.1. The number of fused-ring (bicyclic) bond motifs is 1. The zero-order valence-electron chi connectivity index (χ0n) is 8.77. The first-order valence-electron chi connectivity index (χ1n) is 5.02. The summed E-state index contributed by atoms with van der Waals surface area (Å²) in [5.74, 6) is 0. The van der Waals surface area contributed by atoms with Crippen LogP contribution in [0, 0.1) is 4.77 Å². The quantitative estimate of drug-likeness (QED) is 0.826. The van der Waals surface area contributed by atoms with Gasteiger partial charge in [-0.05, 0) is 30.1 Å². The Morgan fingerprint density at radius 2 is 2.44 bits per heavy atom. The Kier molecular flexibility index (Phi) is 3.22. The summed E-state index contributed by atoms with van der Waals surface area (Å²) in [5, 5.41) is 11.1. The lowest BCUT2D eigenvalue weighted by molar-refractivity contribution is 0.220. The molecule has 2 rings (SSSR count). The molecule has 2 aromatic heterocycles. The first-order chi connectivity index (χ1) is 7.69. The van der Waals surface area contributed by atoms with Crippen molar-refractivity contribution in [3.8, 4) is 0 Å². The van der Waals surface area contributed by atoms with E-state index in [1.54, 1.807) is 0 Å². The third-order valence-electron chi connectivity index (χ3n) is 2.59. The molecule has 0 fully saturated rings. The van der Waals surface area contributed by atoms with E-state index in [1.807, 2.05) is 18.4 Å². The maximum Gasteiger partial charge on any atom is 0.272 e. The Balaban J connectivity index is 2.78. The molecule has 0 spiro atoms. The predicted molar refractivity (Wildman–Crippen MR) is 67.7 cm³/mol. The molecule has 16 heavy (non-hydrogen) atoms. The number of nitrogens with zero attached hydrogens (tertiary/aromatic N) is 1. The van der Waals surface area contributed by atoms with Gasteiger partial charge in [0.05, 0.1) is 18.2 Å². The topological polar surface area (TPSA) is 58.0 Å². The highest BCUT2D eigenvalue weighted by Gasteiger charge is 2.13. The number of hydrogen-bond acceptors (Lipinski definition) is 4. The Morgan fingerprint density at radius 3 is 3.06 bits per heavy atom. The number of hydrogen-bond donors (Lipinski definition) is 2. The van der Waals surface area contributed by atoms with E-state index in [1.165, 1.54) is 15.9 Å². The fourth-order valence-electron chi connectivity index (χ4n) is 1.68. The van der Waals surface area contributed by atoms with Gasteiger partial charge in [0.25, 0.3) is 5.56 Å². The highest BCUT2D eigenvalue weighted by atomic mass is 32.1. The van der Waals surface area contributed by atoms with Crippen LogP contribution in [0.3, 0.4) is 0 Å². The Hall–Kier alpha value is -0.980. The summed E-state index contributed by atoms with van der Waals surface area (Å²) in [6, 6.07) is 1.59. The van der Waals surface area contributed by atoms with Crippen molar-refractivity contribution < 1.29 is 5.11 Å². The van der Waals surface area contributed by atoms with E-state index in [-0.39, 0.29) is 18.2 Å². The van der Waals surface area contributed by atoms with Crippen molar-refractivity contribution in [1.29, 1.82) is 0 Å². The standard InChI is InChI=1S/C10H12N2O2S2/c1-2-6(5-13)12-9(14)8-7(3-4-16-8)11-10(12)15/h3-4,6,13H,2,5H2,1H3,(H,11,15)/t6-/m0/s1. The van der Waals surface area contributed by atoms with Crippen molar-refractivity contribution in [2.75, 3.05) is 6.61 Å². The van der Waals surface area contributed by atoms with Gasteiger partial charge in [0.1, 0.15) is 4.70 Å². The summed E-state index contributed by atoms with van der Waals surface area (Å²) in [6.45, 7) is 1.84. The van der Waals surface area contributed by atoms with Crippen LogP contribution in [0.25, 0.3) is 10.2 Å². The van der Waals surface area contributed by atoms with Crippen molar-refractivity contribution in [2.45, 2.75) is 19.4 Å². The van der Waals surface area contributed by atoms with Crippen LogP contribution < -0.4 is 5.56 Å². The zero-order chi connectivity index (χ0) is 11.7. The SMILES string of the molecule is CC[C@@H](CO)n1c(=S)[nH]c2ccsc2c1=O. The van der Waals surface area contributed by atoms with E-state index in [0.29, 0.717) is 15.9 Å². The van der Waals surface area contributed by atoms with Crippen molar-refractivity contribution >= 4 is 33.8 Å². The summed E-state index contributed by atoms with van der Waals surface area (Å²) < 4.78 is 2.49. The summed E-state index contributed by atoms with van der Waals surface area (Å²) in [5.41, 5.74) is 0.652. The molecule has 0 amide bonds. The molecule has 0 unspecified atom stereocenters. The van der Waals surface area contributed by atoms with Crippen LogP contribution in [-0.2, 0) is 0 Å². The normalized spacial score (nSPS) is 13.1. The van der Waals surface area contributed by atoms with E-state index < -0.39 is 0 Å². The molecule has 0 saturated carbocycles. The minimum absolute atomic E-state index is 0.0786. The number of aliphatic hydroxyl groups excluding tert-OH is 1. The first kappa shape index (κ1) is 11.5. The van der Waals surface area contributed by atoms with Gasteiger partial charge < -0.3 is 10.1 Å². The molecule has 2 N–H and O–H groups in total. The second-order valence-electron chi connectivity index (χ2n) is 3.51. The molecule has 6 heteroatoms. The van der Waals surface area contributed by atoms with Crippen LogP contribution in [0.15, 0.2) is 16.2 Å². The molecule has 86 valence electrons. The van der Waals surface area contributed by atoms with Crippen molar-refractivity contribution in [1.82, 2.24) is 9.55 Å². The molecule has 0 radical (unpaired) electrons. The average molecular weight is 256 g/mol. The number of nitrogens with one attached hydrogen (secondary N) is 1. The number of rotatable bonds is 3. The van der Waals surface area contributed by atoms with Crippen LogP contribution in [0.4, 0.5) is 0 Å². The Morgan fingerprint density at radius 1 is 1.69 bits per heavy atom. The lowest BCUT2D eigenvalue weighted by atomic mass is 10.2. The van der Waals surface area contributed by atoms with Gasteiger partial charge in [-0.25, -0.2) is 0 Å². The Bertz CT molecular complexity index is 607. The minimum Gasteiger partial charge on any atom is -0.394 e. The van der Waals surface area contributed by atoms with Gasteiger partial charge >= 0.3 is 0 Å². The molecular weight excluding hydrogens is 244 g/mol. The lowest BCUT2D eigenvalue weighted by Gasteiger charge is -2.15. The highest BCUT2D eigenvalue weighted by molar-refractivity contribution is 7.71. The molecular formula is C10H12N2O2S2. The van der Waals surface area contributed by atoms with Crippen LogP contribution in [-0.4, -0.2) is 21.3 Å². The van der Waals surface area contributed by atoms with Crippen molar-refractivity contribution in [3.05, 3.63) is 26.6 Å². The summed E-state index contributed by atoms with van der Waals surface area (Å²) >= 11 is 6.53. The van der Waals surface area contributed by atoms with Gasteiger partial charge in [0.15, 0.2) is 4.77 Å². The van der Waals surface area contributed by atoms with Crippen molar-refractivity contribution in [2.24, 2.45) is 0 Å². The number of aromatic nitrogens is 2. The number of H-pyrrole nitrogens is 1. The molecule has 2 aromatic rings. The molecule has 1 atom stereocenters. The van der Waals surface area contributed by atoms with Gasteiger partial charge in [0.2, 0.25) is 0 Å². The number of aliphatic hydroxyl groups is 1. The van der Waals surface area contributed by atoms with E-state index in [2.05, 4.69) is 4.98 Å². The van der Waals surface area contributed by atoms with Gasteiger partial charge in [-0.2, -0.15) is 0 Å². The zero-order valence-corrected chi connectivity index (χ0v) is 10.4. The second kappa shape index (κ2) is 4.48. The highest BCUT2D eigenvalue weighted by Crippen LogP contribution is 2.16. The summed E-state index contributed by atoms with van der Waals surface area (Å²) in [6.07, 6.45) is 0.671. The van der Waals surface area contributed by atoms with Gasteiger partial charge in [0, 0.05) is 0 Å². The fourth-order valence-corrected chi connectivity index (χ4v) is 2.80. The van der Waals surface area contributed by atoms with E-state index in [4.69, 9.17) is 12.2 Å². The monoisotopic (exact) mass is 256 g/mol. The van der Waals surface area contributed by atoms with Gasteiger partial charge in [-0.15, -0.1) is 11.3 Å². The van der Waals surface area contributed by atoms with Crippen molar-refractivity contribution in [3.63, 3.8) is 0 Å². The molecule has 4 nitrogen and oxygen atoms in total. The molecule has 0 aliphatic rings. The third kappa shape index (κ3) is 1.73. The molecule has 0 aliphatic heterocycles. The largest absolute Gasteiger partial charge is 0.394 e. The van der Waals surface area contributed by atoms with Crippen LogP contribution in [0.2, 0.25) is 0 Å². The first-order valence-corrected chi connectivity index (χ1v) is 6.30. The number of aromatic amines is 1. The molecule has 0 bridgehead atoms. The fraction of sp³-hybridized carbons (Fsp3) is 0.400. The van der Waals surface area contributed by atoms with Gasteiger partial charge in [-0.3, -0.25) is 9.36 Å². The Labute approximate surface area is 101 Å². The molecule has 0 aliphatic carbocycles. The van der Waals surface area contributed by atoms with E-state index >= 15 is 0 Å². The average Bonchev–Trinajstić information content (AvgIpc) is 2.72. The third-order valence-corrected chi connectivity index (χ3v) is 3.79. The lowest BCUT2D eigenvalue weighted by Crippen LogP contribution is -2.27. The molecule has 0 saturated heterocycles. The maximum absolute atomic E-state index is 12.1. The van der Waals surface area contributed by atoms with E-state index in [0.717, 1.165) is 5.52 Å². The van der Waals surface area contributed by atoms with E-state index in [9.17, 15) is 9.90 Å². The molecule has 0 aromatic carbocycles. The predicted octanol–water partition coefficient (Wildman–Crippen LogP) is 2.06. The minimum atomic E-state index is -0.247.